The van der Waals surface area contributed by atoms with Gasteiger partial charge in [0.05, 0.1) is 12.7 Å². The number of rotatable bonds is 5. The first-order chi connectivity index (χ1) is 13.3. The van der Waals surface area contributed by atoms with Gasteiger partial charge in [-0.15, -0.1) is 0 Å². The molecule has 28 heavy (non-hydrogen) atoms. The van der Waals surface area contributed by atoms with E-state index in [1.165, 1.54) is 12.1 Å². The number of carbonyl (C=O) groups excluding carboxylic acids is 3. The second-order valence-corrected chi connectivity index (χ2v) is 6.49. The van der Waals surface area contributed by atoms with Crippen LogP contribution in [-0.2, 0) is 14.6 Å². The minimum Gasteiger partial charge on any atom is -0.448 e. The Balaban J connectivity index is 1.95. The van der Waals surface area contributed by atoms with Crippen molar-refractivity contribution >= 4 is 23.7 Å². The van der Waals surface area contributed by atoms with E-state index in [-0.39, 0.29) is 18.3 Å². The van der Waals surface area contributed by atoms with Crippen molar-refractivity contribution in [2.24, 2.45) is 10.7 Å². The lowest BCUT2D eigenvalue weighted by Gasteiger charge is -2.31. The number of hydrogen-bond donors (Lipinski definition) is 2. The average molecular weight is 389 g/mol. The molecule has 1 aromatic carbocycles. The molecule has 1 heterocycles. The fraction of sp³-hybridized carbons (Fsp3) is 0.474. The maximum atomic E-state index is 12.4. The average Bonchev–Trinajstić information content (AvgIpc) is 2.68. The van der Waals surface area contributed by atoms with Gasteiger partial charge in [-0.1, -0.05) is 12.1 Å². The molecule has 3 N–H and O–H groups in total. The van der Waals surface area contributed by atoms with Gasteiger partial charge in [0.1, 0.15) is 11.9 Å². The molecule has 1 unspecified atom stereocenters. The molecule has 0 bridgehead atoms. The van der Waals surface area contributed by atoms with Crippen molar-refractivity contribution in [1.82, 2.24) is 10.2 Å². The lowest BCUT2D eigenvalue weighted by Crippen LogP contribution is -2.49. The van der Waals surface area contributed by atoms with Gasteiger partial charge in [0, 0.05) is 24.2 Å². The number of amidine groups is 1. The molecule has 0 spiro atoms. The number of hydrogen-bond acceptors (Lipinski definition) is 4. The van der Waals surface area contributed by atoms with E-state index in [2.05, 4.69) is 10.3 Å². The van der Waals surface area contributed by atoms with Crippen LogP contribution in [0.3, 0.4) is 0 Å². The molecular weight excluding hydrogens is 364 g/mol. The van der Waals surface area contributed by atoms with Crippen LogP contribution in [0.5, 0.6) is 0 Å². The molecular formula is C19H25N4O5. The summed E-state index contributed by atoms with van der Waals surface area (Å²) in [4.78, 5) is 41.3. The number of nitrogens with zero attached hydrogens (tertiary/aromatic N) is 2. The molecule has 1 radical (unpaired) electrons. The minimum atomic E-state index is -0.782. The highest BCUT2D eigenvalue weighted by Gasteiger charge is 2.26. The van der Waals surface area contributed by atoms with Crippen molar-refractivity contribution in [3.8, 4) is 0 Å². The van der Waals surface area contributed by atoms with Crippen LogP contribution in [0.1, 0.15) is 42.6 Å². The first kappa shape index (κ1) is 21.4. The third-order valence-electron chi connectivity index (χ3n) is 4.39. The van der Waals surface area contributed by atoms with Crippen LogP contribution in [0.2, 0.25) is 0 Å². The van der Waals surface area contributed by atoms with Gasteiger partial charge in [0.25, 0.3) is 5.91 Å². The van der Waals surface area contributed by atoms with Gasteiger partial charge in [0.15, 0.2) is 0 Å². The molecule has 1 fully saturated rings. The number of piperidine rings is 1. The predicted molar refractivity (Wildman–Crippen MR) is 101 cm³/mol. The van der Waals surface area contributed by atoms with Crippen LogP contribution < -0.4 is 11.1 Å². The number of likely N-dealkylation sites (tertiary alicyclic amines) is 1. The third-order valence-corrected chi connectivity index (χ3v) is 4.39. The van der Waals surface area contributed by atoms with Crippen LogP contribution in [0.15, 0.2) is 29.3 Å². The van der Waals surface area contributed by atoms with E-state index in [1.54, 1.807) is 30.9 Å². The molecule has 9 heteroatoms. The van der Waals surface area contributed by atoms with E-state index in [9.17, 15) is 19.5 Å². The number of amides is 3. The number of aliphatic imine (C=N–C) groups is 1. The monoisotopic (exact) mass is 389 g/mol. The highest BCUT2D eigenvalue weighted by molar-refractivity contribution is 6.04. The largest absolute Gasteiger partial charge is 0.448 e. The zero-order valence-electron chi connectivity index (χ0n) is 16.0. The maximum Gasteiger partial charge on any atom is 0.435 e. The number of carbonyl (C=O) groups is 3. The van der Waals surface area contributed by atoms with Crippen LogP contribution in [0.4, 0.5) is 4.79 Å². The van der Waals surface area contributed by atoms with Gasteiger partial charge in [-0.25, -0.2) is 9.90 Å². The SMILES string of the molecule is CCOC(=O)/N=C(\N)c1ccc(C(=O)NC(C)C(=O)N2CCC([O])CC2)cc1. The smallest absolute Gasteiger partial charge is 0.435 e. The van der Waals surface area contributed by atoms with Crippen molar-refractivity contribution in [1.29, 1.82) is 0 Å². The van der Waals surface area contributed by atoms with Crippen molar-refractivity contribution in [3.63, 3.8) is 0 Å². The zero-order chi connectivity index (χ0) is 20.7. The predicted octanol–water partition coefficient (Wildman–Crippen LogP) is 1.09. The highest BCUT2D eigenvalue weighted by atomic mass is 16.5. The third kappa shape index (κ3) is 5.78. The number of benzene rings is 1. The summed E-state index contributed by atoms with van der Waals surface area (Å²) in [6.07, 6.45) is -0.534. The van der Waals surface area contributed by atoms with Crippen molar-refractivity contribution in [2.75, 3.05) is 19.7 Å². The summed E-state index contributed by atoms with van der Waals surface area (Å²) < 4.78 is 4.69. The standard InChI is InChI=1S/C19H25N4O5/c1-3-28-19(27)22-16(20)13-4-6-14(7-5-13)17(25)21-12(2)18(26)23-10-8-15(24)9-11-23/h4-7,12,15H,3,8-11H2,1-2H3,(H,21,25)(H2,20,22,27). The van der Waals surface area contributed by atoms with Crippen molar-refractivity contribution in [3.05, 3.63) is 35.4 Å². The van der Waals surface area contributed by atoms with Gasteiger partial charge in [-0.3, -0.25) is 9.59 Å². The van der Waals surface area contributed by atoms with E-state index in [0.29, 0.717) is 37.1 Å². The molecule has 0 saturated carbocycles. The first-order valence-electron chi connectivity index (χ1n) is 9.18. The number of nitrogens with two attached hydrogens (primary N) is 1. The van der Waals surface area contributed by atoms with E-state index >= 15 is 0 Å². The van der Waals surface area contributed by atoms with Gasteiger partial charge < -0.3 is 20.7 Å². The Hall–Kier alpha value is -2.94. The van der Waals surface area contributed by atoms with Gasteiger partial charge in [-0.05, 0) is 38.8 Å². The summed E-state index contributed by atoms with van der Waals surface area (Å²) in [6, 6.07) is 5.46. The zero-order valence-corrected chi connectivity index (χ0v) is 16.0. The van der Waals surface area contributed by atoms with Crippen LogP contribution in [0, 0.1) is 0 Å². The molecule has 0 aliphatic carbocycles. The summed E-state index contributed by atoms with van der Waals surface area (Å²) in [5.41, 5.74) is 6.55. The van der Waals surface area contributed by atoms with Crippen molar-refractivity contribution < 1.29 is 24.2 Å². The summed E-state index contributed by atoms with van der Waals surface area (Å²) in [7, 11) is 0. The minimum absolute atomic E-state index is 0.0178. The molecule has 1 aromatic rings. The summed E-state index contributed by atoms with van der Waals surface area (Å²) in [6.45, 7) is 4.30. The Morgan fingerprint density at radius 1 is 1.21 bits per heavy atom. The second kappa shape index (κ2) is 9.84. The fourth-order valence-electron chi connectivity index (χ4n) is 2.80. The molecule has 1 aliphatic heterocycles. The molecule has 0 aromatic heterocycles. The normalized spacial score (nSPS) is 16.4. The Morgan fingerprint density at radius 3 is 2.36 bits per heavy atom. The summed E-state index contributed by atoms with van der Waals surface area (Å²) in [5.74, 6) is -0.634. The molecule has 2 rings (SSSR count). The van der Waals surface area contributed by atoms with Crippen LogP contribution in [0.25, 0.3) is 0 Å². The maximum absolute atomic E-state index is 12.4. The highest BCUT2D eigenvalue weighted by Crippen LogP contribution is 2.12. The Morgan fingerprint density at radius 2 is 1.79 bits per heavy atom. The second-order valence-electron chi connectivity index (χ2n) is 6.49. The molecule has 1 saturated heterocycles. The van der Waals surface area contributed by atoms with E-state index in [4.69, 9.17) is 10.5 Å². The van der Waals surface area contributed by atoms with E-state index in [0.717, 1.165) is 0 Å². The molecule has 1 atom stereocenters. The summed E-state index contributed by atoms with van der Waals surface area (Å²) >= 11 is 0. The van der Waals surface area contributed by atoms with Gasteiger partial charge in [0.2, 0.25) is 5.91 Å². The Labute approximate surface area is 163 Å². The fourth-order valence-corrected chi connectivity index (χ4v) is 2.80. The van der Waals surface area contributed by atoms with Crippen LogP contribution in [-0.4, -0.2) is 60.5 Å². The lowest BCUT2D eigenvalue weighted by atomic mass is 10.1. The van der Waals surface area contributed by atoms with Gasteiger partial charge >= 0.3 is 6.09 Å². The van der Waals surface area contributed by atoms with E-state index < -0.39 is 24.1 Å². The number of ether oxygens (including phenoxy) is 1. The quantitative estimate of drug-likeness (QED) is 0.574. The number of nitrogens with one attached hydrogen (secondary N) is 1. The van der Waals surface area contributed by atoms with E-state index in [1.807, 2.05) is 0 Å². The topological polar surface area (TPSA) is 134 Å². The molecule has 1 aliphatic rings. The Kier molecular flexibility index (Phi) is 7.51. The molecule has 151 valence electrons. The Bertz CT molecular complexity index is 739. The lowest BCUT2D eigenvalue weighted by molar-refractivity contribution is -0.135. The van der Waals surface area contributed by atoms with Crippen LogP contribution >= 0.6 is 0 Å². The first-order valence-corrected chi connectivity index (χ1v) is 9.18. The summed E-state index contributed by atoms with van der Waals surface area (Å²) in [5, 5.41) is 14.0. The van der Waals surface area contributed by atoms with Crippen molar-refractivity contribution in [2.45, 2.75) is 38.8 Å². The van der Waals surface area contributed by atoms with Gasteiger partial charge in [-0.2, -0.15) is 4.99 Å². The molecule has 3 amide bonds. The molecule has 9 nitrogen and oxygen atoms in total.